The SMILES string of the molecule is COc1cc(-c2c(N)oc(-c3ccccc3)c2O)cc(C(F)(F)F)c1. The molecule has 3 N–H and O–H groups in total. The molecule has 3 aromatic rings. The number of methoxy groups -OCH3 is 1. The minimum atomic E-state index is -4.57. The molecule has 0 fully saturated rings. The van der Waals surface area contributed by atoms with E-state index in [1.54, 1.807) is 30.3 Å². The molecule has 0 aliphatic carbocycles. The molecule has 7 heteroatoms. The van der Waals surface area contributed by atoms with Crippen molar-refractivity contribution in [3.63, 3.8) is 0 Å². The molecule has 0 saturated heterocycles. The minimum absolute atomic E-state index is 0.00825. The number of anilines is 1. The van der Waals surface area contributed by atoms with Crippen molar-refractivity contribution >= 4 is 5.88 Å². The van der Waals surface area contributed by atoms with Crippen LogP contribution in [-0.4, -0.2) is 12.2 Å². The first-order valence-corrected chi connectivity index (χ1v) is 7.24. The van der Waals surface area contributed by atoms with Gasteiger partial charge in [-0.15, -0.1) is 0 Å². The molecular formula is C18H14F3NO3. The van der Waals surface area contributed by atoms with Gasteiger partial charge in [0.05, 0.1) is 18.2 Å². The van der Waals surface area contributed by atoms with Gasteiger partial charge in [-0.3, -0.25) is 0 Å². The number of ether oxygens (including phenoxy) is 1. The highest BCUT2D eigenvalue weighted by Crippen LogP contribution is 2.46. The second-order valence-electron chi connectivity index (χ2n) is 5.33. The number of alkyl halides is 3. The van der Waals surface area contributed by atoms with Gasteiger partial charge in [-0.25, -0.2) is 0 Å². The Balaban J connectivity index is 2.19. The summed E-state index contributed by atoms with van der Waals surface area (Å²) in [7, 11) is 1.26. The smallest absolute Gasteiger partial charge is 0.416 e. The van der Waals surface area contributed by atoms with Crippen molar-refractivity contribution in [1.29, 1.82) is 0 Å². The van der Waals surface area contributed by atoms with Crippen LogP contribution in [0.2, 0.25) is 0 Å². The van der Waals surface area contributed by atoms with Gasteiger partial charge in [0, 0.05) is 5.56 Å². The molecule has 4 nitrogen and oxygen atoms in total. The molecule has 1 aromatic heterocycles. The van der Waals surface area contributed by atoms with Crippen LogP contribution < -0.4 is 10.5 Å². The average Bonchev–Trinajstić information content (AvgIpc) is 2.89. The number of benzene rings is 2. The number of furan rings is 1. The summed E-state index contributed by atoms with van der Waals surface area (Å²) in [6.45, 7) is 0. The van der Waals surface area contributed by atoms with Crippen molar-refractivity contribution in [2.24, 2.45) is 0 Å². The summed E-state index contributed by atoms with van der Waals surface area (Å²) >= 11 is 0. The van der Waals surface area contributed by atoms with Crippen LogP contribution in [0, 0.1) is 0 Å². The van der Waals surface area contributed by atoms with Crippen molar-refractivity contribution in [2.45, 2.75) is 6.18 Å². The second kappa shape index (κ2) is 6.08. The lowest BCUT2D eigenvalue weighted by atomic mass is 10.0. The van der Waals surface area contributed by atoms with Gasteiger partial charge in [0.2, 0.25) is 5.88 Å². The molecule has 0 amide bonds. The van der Waals surface area contributed by atoms with Gasteiger partial charge in [0.1, 0.15) is 5.75 Å². The van der Waals surface area contributed by atoms with Gasteiger partial charge in [0.15, 0.2) is 11.5 Å². The zero-order valence-electron chi connectivity index (χ0n) is 13.1. The average molecular weight is 349 g/mol. The molecule has 3 rings (SSSR count). The van der Waals surface area contributed by atoms with Crippen LogP contribution in [0.15, 0.2) is 52.9 Å². The Labute approximate surface area is 141 Å². The molecule has 0 unspecified atom stereocenters. The van der Waals surface area contributed by atoms with Crippen LogP contribution in [0.5, 0.6) is 11.5 Å². The monoisotopic (exact) mass is 349 g/mol. The number of halogens is 3. The topological polar surface area (TPSA) is 68.6 Å². The Bertz CT molecular complexity index is 902. The van der Waals surface area contributed by atoms with Crippen molar-refractivity contribution < 1.29 is 27.4 Å². The summed E-state index contributed by atoms with van der Waals surface area (Å²) in [5.41, 5.74) is 5.49. The normalized spacial score (nSPS) is 11.5. The van der Waals surface area contributed by atoms with Gasteiger partial charge in [0.25, 0.3) is 0 Å². The summed E-state index contributed by atoms with van der Waals surface area (Å²) < 4.78 is 49.6. The maximum Gasteiger partial charge on any atom is 0.416 e. The van der Waals surface area contributed by atoms with E-state index in [1.165, 1.54) is 13.2 Å². The number of hydrogen-bond donors (Lipinski definition) is 2. The van der Waals surface area contributed by atoms with Gasteiger partial charge in [-0.1, -0.05) is 30.3 Å². The Hall–Kier alpha value is -3.09. The first-order valence-electron chi connectivity index (χ1n) is 7.24. The molecule has 0 aliphatic rings. The van der Waals surface area contributed by atoms with Gasteiger partial charge in [-0.05, 0) is 23.8 Å². The van der Waals surface area contributed by atoms with Crippen LogP contribution in [-0.2, 0) is 6.18 Å². The third-order valence-corrected chi connectivity index (χ3v) is 3.70. The highest BCUT2D eigenvalue weighted by Gasteiger charge is 2.32. The van der Waals surface area contributed by atoms with Crippen molar-refractivity contribution in [3.05, 3.63) is 54.1 Å². The zero-order valence-corrected chi connectivity index (χ0v) is 13.1. The fourth-order valence-electron chi connectivity index (χ4n) is 2.53. The van der Waals surface area contributed by atoms with Crippen LogP contribution in [0.3, 0.4) is 0 Å². The third-order valence-electron chi connectivity index (χ3n) is 3.70. The summed E-state index contributed by atoms with van der Waals surface area (Å²) in [5.74, 6) is -0.432. The zero-order chi connectivity index (χ0) is 18.2. The number of nitrogen functional groups attached to an aromatic ring is 1. The molecule has 130 valence electrons. The van der Waals surface area contributed by atoms with Crippen LogP contribution in [0.4, 0.5) is 19.1 Å². The molecule has 0 spiro atoms. The lowest BCUT2D eigenvalue weighted by Gasteiger charge is -2.11. The highest BCUT2D eigenvalue weighted by atomic mass is 19.4. The molecule has 0 radical (unpaired) electrons. The molecule has 0 atom stereocenters. The molecule has 1 heterocycles. The van der Waals surface area contributed by atoms with E-state index in [1.807, 2.05) is 0 Å². The molecule has 0 aliphatic heterocycles. The third kappa shape index (κ3) is 3.13. The van der Waals surface area contributed by atoms with E-state index in [0.29, 0.717) is 5.56 Å². The Morgan fingerprint density at radius 2 is 1.72 bits per heavy atom. The van der Waals surface area contributed by atoms with E-state index in [9.17, 15) is 18.3 Å². The quantitative estimate of drug-likeness (QED) is 0.703. The second-order valence-corrected chi connectivity index (χ2v) is 5.33. The number of rotatable bonds is 3. The lowest BCUT2D eigenvalue weighted by molar-refractivity contribution is -0.137. The largest absolute Gasteiger partial charge is 0.504 e. The fraction of sp³-hybridized carbons (Fsp3) is 0.111. The summed E-state index contributed by atoms with van der Waals surface area (Å²) in [6, 6.07) is 11.7. The first-order chi connectivity index (χ1) is 11.8. The fourth-order valence-corrected chi connectivity index (χ4v) is 2.53. The lowest BCUT2D eigenvalue weighted by Crippen LogP contribution is -2.05. The number of nitrogens with two attached hydrogens (primary N) is 1. The van der Waals surface area contributed by atoms with E-state index in [2.05, 4.69) is 0 Å². The van der Waals surface area contributed by atoms with E-state index < -0.39 is 11.7 Å². The molecule has 25 heavy (non-hydrogen) atoms. The van der Waals surface area contributed by atoms with Gasteiger partial charge < -0.3 is 20.0 Å². The molecule has 2 aromatic carbocycles. The summed E-state index contributed by atoms with van der Waals surface area (Å²) in [5, 5.41) is 10.5. The van der Waals surface area contributed by atoms with E-state index in [4.69, 9.17) is 14.9 Å². The van der Waals surface area contributed by atoms with Crippen LogP contribution in [0.25, 0.3) is 22.5 Å². The maximum absolute atomic E-state index is 13.1. The number of aromatic hydroxyl groups is 1. The number of hydrogen-bond acceptors (Lipinski definition) is 4. The van der Waals surface area contributed by atoms with Crippen LogP contribution >= 0.6 is 0 Å². The predicted molar refractivity (Wildman–Crippen MR) is 87.2 cm³/mol. The minimum Gasteiger partial charge on any atom is -0.504 e. The van der Waals surface area contributed by atoms with Crippen molar-refractivity contribution in [2.75, 3.05) is 12.8 Å². The Kier molecular flexibility index (Phi) is 4.08. The van der Waals surface area contributed by atoms with E-state index >= 15 is 0 Å². The van der Waals surface area contributed by atoms with Crippen molar-refractivity contribution in [1.82, 2.24) is 0 Å². The molecule has 0 bridgehead atoms. The van der Waals surface area contributed by atoms with Crippen LogP contribution in [0.1, 0.15) is 5.56 Å². The predicted octanol–water partition coefficient (Wildman–Crippen LogP) is 4.93. The maximum atomic E-state index is 13.1. The van der Waals surface area contributed by atoms with Crippen molar-refractivity contribution in [3.8, 4) is 33.9 Å². The first kappa shape index (κ1) is 16.8. The summed E-state index contributed by atoms with van der Waals surface area (Å²) in [4.78, 5) is 0. The van der Waals surface area contributed by atoms with E-state index in [0.717, 1.165) is 12.1 Å². The van der Waals surface area contributed by atoms with Gasteiger partial charge in [-0.2, -0.15) is 13.2 Å². The van der Waals surface area contributed by atoms with Gasteiger partial charge >= 0.3 is 6.18 Å². The highest BCUT2D eigenvalue weighted by molar-refractivity contribution is 5.87. The molecule has 0 saturated carbocycles. The summed E-state index contributed by atoms with van der Waals surface area (Å²) in [6.07, 6.45) is -4.57. The standard InChI is InChI=1S/C18H14F3NO3/c1-24-13-8-11(7-12(9-13)18(19,20)21)14-15(23)16(25-17(14)22)10-5-3-2-4-6-10/h2-9,23H,22H2,1H3. The Morgan fingerprint density at radius 1 is 1.04 bits per heavy atom. The molecular weight excluding hydrogens is 335 g/mol. The Morgan fingerprint density at radius 3 is 2.32 bits per heavy atom. The van der Waals surface area contributed by atoms with E-state index in [-0.39, 0.29) is 34.3 Å².